The zero-order valence-corrected chi connectivity index (χ0v) is 18.4. The Morgan fingerprint density at radius 2 is 1.76 bits per heavy atom. The molecule has 0 aliphatic rings. The van der Waals surface area contributed by atoms with Crippen molar-refractivity contribution in [3.63, 3.8) is 0 Å². The van der Waals surface area contributed by atoms with Crippen LogP contribution in [0.2, 0.25) is 5.02 Å². The lowest BCUT2D eigenvalue weighted by Crippen LogP contribution is -2.27. The fraction of sp³-hybridized carbons (Fsp3) is 0.120. The van der Waals surface area contributed by atoms with Crippen LogP contribution in [-0.4, -0.2) is 23.6 Å². The molecular formula is C25H21ClFNO5. The Morgan fingerprint density at radius 3 is 2.39 bits per heavy atom. The fourth-order valence-electron chi connectivity index (χ4n) is 2.91. The number of rotatable bonds is 9. The number of aliphatic carboxylic acids is 1. The van der Waals surface area contributed by atoms with Gasteiger partial charge in [0.1, 0.15) is 18.1 Å². The minimum Gasteiger partial charge on any atom is -0.490 e. The lowest BCUT2D eigenvalue weighted by molar-refractivity contribution is -0.132. The van der Waals surface area contributed by atoms with Crippen LogP contribution in [0.4, 0.5) is 4.39 Å². The highest BCUT2D eigenvalue weighted by Crippen LogP contribution is 2.37. The molecule has 6 nitrogen and oxygen atoms in total. The maximum absolute atomic E-state index is 13.1. The first kappa shape index (κ1) is 23.8. The van der Waals surface area contributed by atoms with Gasteiger partial charge in [-0.3, -0.25) is 4.79 Å². The molecule has 33 heavy (non-hydrogen) atoms. The number of amides is 1. The largest absolute Gasteiger partial charge is 0.490 e. The first-order valence-corrected chi connectivity index (χ1v) is 10.4. The van der Waals surface area contributed by atoms with E-state index in [9.17, 15) is 19.1 Å². The van der Waals surface area contributed by atoms with E-state index in [-0.39, 0.29) is 28.9 Å². The Hall–Kier alpha value is -3.84. The van der Waals surface area contributed by atoms with Gasteiger partial charge in [0.2, 0.25) is 0 Å². The third kappa shape index (κ3) is 6.57. The van der Waals surface area contributed by atoms with Gasteiger partial charge in [0, 0.05) is 5.56 Å². The van der Waals surface area contributed by atoms with E-state index in [2.05, 4.69) is 5.32 Å². The lowest BCUT2D eigenvalue weighted by atomic mass is 10.1. The summed E-state index contributed by atoms with van der Waals surface area (Å²) < 4.78 is 24.5. The summed E-state index contributed by atoms with van der Waals surface area (Å²) in [5.74, 6) is -1.65. The fourth-order valence-corrected chi connectivity index (χ4v) is 3.19. The second-order valence-electron chi connectivity index (χ2n) is 6.86. The number of hydrogen-bond acceptors (Lipinski definition) is 4. The van der Waals surface area contributed by atoms with Gasteiger partial charge >= 0.3 is 5.97 Å². The number of hydrogen-bond donors (Lipinski definition) is 2. The number of carboxylic acid groups (broad SMARTS) is 1. The predicted molar refractivity (Wildman–Crippen MR) is 123 cm³/mol. The maximum atomic E-state index is 13.1. The number of carboxylic acids is 1. The quantitative estimate of drug-likeness (QED) is 0.415. The second-order valence-corrected chi connectivity index (χ2v) is 7.27. The standard InChI is InChI=1S/C25H21ClFNO5/c1-2-32-22-14-17(12-20(26)23(22)33-15-16-8-10-19(27)11-9-16)13-21(25(30)31)28-24(29)18-6-4-3-5-7-18/h3-14H,2,15H2,1H3,(H,28,29)(H,30,31)/b21-13+. The molecule has 0 atom stereocenters. The molecule has 0 bridgehead atoms. The molecule has 0 aliphatic carbocycles. The summed E-state index contributed by atoms with van der Waals surface area (Å²) in [6.45, 7) is 2.22. The van der Waals surface area contributed by atoms with Crippen LogP contribution in [0.5, 0.6) is 11.5 Å². The SMILES string of the molecule is CCOc1cc(/C=C(/NC(=O)c2ccccc2)C(=O)O)cc(Cl)c1OCc1ccc(F)cc1. The molecule has 1 amide bonds. The lowest BCUT2D eigenvalue weighted by Gasteiger charge is -2.15. The molecule has 0 unspecified atom stereocenters. The second kappa shape index (κ2) is 11.2. The Labute approximate surface area is 195 Å². The van der Waals surface area contributed by atoms with E-state index in [0.29, 0.717) is 23.5 Å². The average molecular weight is 470 g/mol. The first-order chi connectivity index (χ1) is 15.9. The molecule has 3 aromatic carbocycles. The van der Waals surface area contributed by atoms with Crippen molar-refractivity contribution < 1.29 is 28.6 Å². The highest BCUT2D eigenvalue weighted by atomic mass is 35.5. The average Bonchev–Trinajstić information content (AvgIpc) is 2.80. The Bertz CT molecular complexity index is 1160. The van der Waals surface area contributed by atoms with E-state index < -0.39 is 11.9 Å². The van der Waals surface area contributed by atoms with Crippen LogP contribution >= 0.6 is 11.6 Å². The minimum absolute atomic E-state index is 0.128. The Balaban J connectivity index is 1.86. The van der Waals surface area contributed by atoms with Crippen LogP contribution in [0, 0.1) is 5.82 Å². The molecule has 3 aromatic rings. The van der Waals surface area contributed by atoms with Gasteiger partial charge in [0.25, 0.3) is 5.91 Å². The van der Waals surface area contributed by atoms with Gasteiger partial charge in [0.05, 0.1) is 11.6 Å². The molecule has 0 radical (unpaired) electrons. The summed E-state index contributed by atoms with van der Waals surface area (Å²) in [6.07, 6.45) is 1.28. The summed E-state index contributed by atoms with van der Waals surface area (Å²) in [5, 5.41) is 12.1. The number of halogens is 2. The van der Waals surface area contributed by atoms with E-state index >= 15 is 0 Å². The molecule has 0 aromatic heterocycles. The molecule has 0 heterocycles. The van der Waals surface area contributed by atoms with Gasteiger partial charge in [-0.15, -0.1) is 0 Å². The van der Waals surface area contributed by atoms with Crippen LogP contribution in [-0.2, 0) is 11.4 Å². The summed E-state index contributed by atoms with van der Waals surface area (Å²) in [4.78, 5) is 24.1. The number of carbonyl (C=O) groups is 2. The molecule has 170 valence electrons. The molecule has 0 spiro atoms. The smallest absolute Gasteiger partial charge is 0.352 e. The number of carbonyl (C=O) groups excluding carboxylic acids is 1. The van der Waals surface area contributed by atoms with E-state index in [1.807, 2.05) is 0 Å². The molecular weight excluding hydrogens is 449 g/mol. The summed E-state index contributed by atoms with van der Waals surface area (Å²) in [6, 6.07) is 17.2. The van der Waals surface area contributed by atoms with Gasteiger partial charge in [-0.25, -0.2) is 9.18 Å². The van der Waals surface area contributed by atoms with Gasteiger partial charge in [-0.05, 0) is 60.5 Å². The topological polar surface area (TPSA) is 84.9 Å². The van der Waals surface area contributed by atoms with Crippen molar-refractivity contribution in [3.8, 4) is 11.5 Å². The van der Waals surface area contributed by atoms with E-state index in [4.69, 9.17) is 21.1 Å². The normalized spacial score (nSPS) is 11.1. The zero-order valence-electron chi connectivity index (χ0n) is 17.7. The molecule has 2 N–H and O–H groups in total. The van der Waals surface area contributed by atoms with Crippen LogP contribution in [0.3, 0.4) is 0 Å². The summed E-state index contributed by atoms with van der Waals surface area (Å²) in [5.41, 5.74) is 1.11. The summed E-state index contributed by atoms with van der Waals surface area (Å²) >= 11 is 6.40. The third-order valence-electron chi connectivity index (χ3n) is 4.45. The summed E-state index contributed by atoms with van der Waals surface area (Å²) in [7, 11) is 0. The Morgan fingerprint density at radius 1 is 1.06 bits per heavy atom. The van der Waals surface area contributed by atoms with E-state index in [1.54, 1.807) is 55.5 Å². The monoisotopic (exact) mass is 469 g/mol. The van der Waals surface area contributed by atoms with E-state index in [0.717, 1.165) is 5.56 Å². The van der Waals surface area contributed by atoms with Crippen LogP contribution < -0.4 is 14.8 Å². The van der Waals surface area contributed by atoms with Crippen molar-refractivity contribution in [2.45, 2.75) is 13.5 Å². The number of benzene rings is 3. The first-order valence-electron chi connectivity index (χ1n) is 10.0. The van der Waals surface area contributed by atoms with Crippen molar-refractivity contribution in [3.05, 3.63) is 100.0 Å². The van der Waals surface area contributed by atoms with Crippen molar-refractivity contribution in [1.82, 2.24) is 5.32 Å². The highest BCUT2D eigenvalue weighted by molar-refractivity contribution is 6.32. The van der Waals surface area contributed by atoms with Crippen molar-refractivity contribution in [2.75, 3.05) is 6.61 Å². The maximum Gasteiger partial charge on any atom is 0.352 e. The molecule has 0 aliphatic heterocycles. The van der Waals surface area contributed by atoms with Crippen LogP contribution in [0.25, 0.3) is 6.08 Å². The van der Waals surface area contributed by atoms with Crippen molar-refractivity contribution in [1.29, 1.82) is 0 Å². The number of nitrogens with one attached hydrogen (secondary N) is 1. The van der Waals surface area contributed by atoms with Crippen LogP contribution in [0.1, 0.15) is 28.4 Å². The Kier molecular flexibility index (Phi) is 8.05. The molecule has 0 saturated heterocycles. The molecule has 0 fully saturated rings. The van der Waals surface area contributed by atoms with Gasteiger partial charge in [0.15, 0.2) is 11.5 Å². The molecule has 3 rings (SSSR count). The third-order valence-corrected chi connectivity index (χ3v) is 4.73. The van der Waals surface area contributed by atoms with E-state index in [1.165, 1.54) is 24.3 Å². The van der Waals surface area contributed by atoms with Crippen LogP contribution in [0.15, 0.2) is 72.4 Å². The van der Waals surface area contributed by atoms with Gasteiger partial charge < -0.3 is 19.9 Å². The van der Waals surface area contributed by atoms with Crippen molar-refractivity contribution >= 4 is 29.6 Å². The minimum atomic E-state index is -1.31. The zero-order chi connectivity index (χ0) is 23.8. The van der Waals surface area contributed by atoms with Crippen molar-refractivity contribution in [2.24, 2.45) is 0 Å². The predicted octanol–water partition coefficient (Wildman–Crippen LogP) is 5.31. The number of ether oxygens (including phenoxy) is 2. The molecule has 0 saturated carbocycles. The van der Waals surface area contributed by atoms with Gasteiger partial charge in [-0.1, -0.05) is 41.9 Å². The highest BCUT2D eigenvalue weighted by Gasteiger charge is 2.16. The van der Waals surface area contributed by atoms with Gasteiger partial charge in [-0.2, -0.15) is 0 Å². The molecule has 8 heteroatoms.